The van der Waals surface area contributed by atoms with Crippen LogP contribution in [0.25, 0.3) is 16.3 Å². The molecule has 2 heterocycles. The predicted molar refractivity (Wildman–Crippen MR) is 74.9 cm³/mol. The van der Waals surface area contributed by atoms with Gasteiger partial charge in [-0.1, -0.05) is 24.3 Å². The van der Waals surface area contributed by atoms with Crippen LogP contribution in [-0.2, 0) is 0 Å². The van der Waals surface area contributed by atoms with E-state index in [1.807, 2.05) is 36.5 Å². The van der Waals surface area contributed by atoms with Gasteiger partial charge in [0.25, 0.3) is 0 Å². The summed E-state index contributed by atoms with van der Waals surface area (Å²) >= 11 is 0. The molecule has 3 rings (SSSR count). The average molecular weight is 251 g/mol. The van der Waals surface area contributed by atoms with Gasteiger partial charge < -0.3 is 4.40 Å². The molecule has 0 aliphatic heterocycles. The van der Waals surface area contributed by atoms with Crippen LogP contribution in [-0.4, -0.2) is 16.0 Å². The smallest absolute Gasteiger partial charge is 0.176 e. The van der Waals surface area contributed by atoms with E-state index in [0.717, 1.165) is 16.3 Å². The third-order valence-corrected chi connectivity index (χ3v) is 3.40. The molecule has 0 spiro atoms. The molecule has 0 saturated carbocycles. The number of aromatic nitrogens is 1. The summed E-state index contributed by atoms with van der Waals surface area (Å²) in [5, 5.41) is 2.05. The van der Waals surface area contributed by atoms with E-state index >= 15 is 0 Å². The molecule has 0 aliphatic carbocycles. The summed E-state index contributed by atoms with van der Waals surface area (Å²) in [7, 11) is 0. The van der Waals surface area contributed by atoms with Crippen molar-refractivity contribution in [3.05, 3.63) is 53.9 Å². The van der Waals surface area contributed by atoms with Gasteiger partial charge in [0.15, 0.2) is 11.6 Å². The van der Waals surface area contributed by atoms with Gasteiger partial charge in [0.1, 0.15) is 0 Å². The van der Waals surface area contributed by atoms with Crippen LogP contribution in [0.3, 0.4) is 0 Å². The van der Waals surface area contributed by atoms with Crippen molar-refractivity contribution in [1.29, 1.82) is 0 Å². The lowest BCUT2D eigenvalue weighted by atomic mass is 10.1. The van der Waals surface area contributed by atoms with Gasteiger partial charge in [0.2, 0.25) is 0 Å². The van der Waals surface area contributed by atoms with Gasteiger partial charge in [-0.15, -0.1) is 0 Å². The summed E-state index contributed by atoms with van der Waals surface area (Å²) in [5.41, 5.74) is 1.96. The van der Waals surface area contributed by atoms with Crippen LogP contribution >= 0.6 is 0 Å². The number of Topliss-reactive ketones (excluding diaryl/α,β-unsaturated/α-hetero) is 2. The van der Waals surface area contributed by atoms with E-state index in [2.05, 4.69) is 0 Å². The number of carbonyl (C=O) groups is 2. The zero-order valence-electron chi connectivity index (χ0n) is 10.8. The first-order valence-corrected chi connectivity index (χ1v) is 6.14. The molecule has 0 bridgehead atoms. The van der Waals surface area contributed by atoms with Crippen molar-refractivity contribution < 1.29 is 9.59 Å². The molecule has 0 aliphatic rings. The van der Waals surface area contributed by atoms with Crippen LogP contribution in [0.2, 0.25) is 0 Å². The van der Waals surface area contributed by atoms with E-state index in [0.29, 0.717) is 11.3 Å². The molecular weight excluding hydrogens is 238 g/mol. The quantitative estimate of drug-likeness (QED) is 0.654. The number of ketones is 2. The Morgan fingerprint density at radius 2 is 1.74 bits per heavy atom. The molecule has 0 radical (unpaired) electrons. The average Bonchev–Trinajstić information content (AvgIpc) is 2.78. The first kappa shape index (κ1) is 11.7. The van der Waals surface area contributed by atoms with Crippen molar-refractivity contribution in [3.8, 4) is 0 Å². The van der Waals surface area contributed by atoms with Gasteiger partial charge in [-0.2, -0.15) is 0 Å². The monoisotopic (exact) mass is 251 g/mol. The molecule has 1 aromatic carbocycles. The standard InChI is InChI=1S/C16H13NO2/c1-10(18)14-9-15(11(2)19)17-8-7-12-5-3-4-6-13(12)16(14)17/h3-9H,1-2H3. The number of pyridine rings is 1. The molecule has 0 saturated heterocycles. The van der Waals surface area contributed by atoms with E-state index in [-0.39, 0.29) is 11.6 Å². The van der Waals surface area contributed by atoms with E-state index in [1.54, 1.807) is 10.5 Å². The fourth-order valence-corrected chi connectivity index (χ4v) is 2.51. The summed E-state index contributed by atoms with van der Waals surface area (Å²) in [4.78, 5) is 23.5. The molecule has 0 atom stereocenters. The highest BCUT2D eigenvalue weighted by Gasteiger charge is 2.16. The highest BCUT2D eigenvalue weighted by Crippen LogP contribution is 2.26. The number of rotatable bonds is 2. The molecule has 3 nitrogen and oxygen atoms in total. The van der Waals surface area contributed by atoms with E-state index < -0.39 is 0 Å². The van der Waals surface area contributed by atoms with Crippen LogP contribution in [0, 0.1) is 0 Å². The molecule has 94 valence electrons. The van der Waals surface area contributed by atoms with Gasteiger partial charge in [-0.25, -0.2) is 0 Å². The SMILES string of the molecule is CC(=O)c1cc(C(C)=O)n2ccc3ccccc3c12. The van der Waals surface area contributed by atoms with Gasteiger partial charge in [0, 0.05) is 24.1 Å². The third-order valence-electron chi connectivity index (χ3n) is 3.40. The van der Waals surface area contributed by atoms with Crippen molar-refractivity contribution in [2.24, 2.45) is 0 Å². The molecular formula is C16H13NO2. The molecule has 3 aromatic rings. The van der Waals surface area contributed by atoms with Crippen molar-refractivity contribution in [3.63, 3.8) is 0 Å². The van der Waals surface area contributed by atoms with Crippen LogP contribution < -0.4 is 0 Å². The summed E-state index contributed by atoms with van der Waals surface area (Å²) in [5.74, 6) is -0.0702. The maximum atomic E-state index is 11.8. The second-order valence-electron chi connectivity index (χ2n) is 4.68. The minimum atomic E-state index is -0.0437. The summed E-state index contributed by atoms with van der Waals surface area (Å²) in [6, 6.07) is 11.5. The third kappa shape index (κ3) is 1.66. The van der Waals surface area contributed by atoms with Crippen molar-refractivity contribution in [2.75, 3.05) is 0 Å². The van der Waals surface area contributed by atoms with Crippen LogP contribution in [0.1, 0.15) is 34.7 Å². The van der Waals surface area contributed by atoms with Gasteiger partial charge in [-0.3, -0.25) is 9.59 Å². The van der Waals surface area contributed by atoms with Crippen LogP contribution in [0.4, 0.5) is 0 Å². The normalized spacial score (nSPS) is 11.1. The molecule has 2 aromatic heterocycles. The predicted octanol–water partition coefficient (Wildman–Crippen LogP) is 3.50. The second-order valence-corrected chi connectivity index (χ2v) is 4.68. The van der Waals surface area contributed by atoms with E-state index in [9.17, 15) is 9.59 Å². The Labute approximate surface area is 110 Å². The maximum Gasteiger partial charge on any atom is 0.176 e. The summed E-state index contributed by atoms with van der Waals surface area (Å²) < 4.78 is 1.81. The Balaban J connectivity index is 2.57. The first-order chi connectivity index (χ1) is 9.09. The Bertz CT molecular complexity index is 827. The summed E-state index contributed by atoms with van der Waals surface area (Å²) in [6.45, 7) is 3.04. The largest absolute Gasteiger partial charge is 0.313 e. The minimum absolute atomic E-state index is 0.0265. The Morgan fingerprint density at radius 3 is 2.42 bits per heavy atom. The Hall–Kier alpha value is -2.42. The summed E-state index contributed by atoms with van der Waals surface area (Å²) in [6.07, 6.45) is 1.85. The highest BCUT2D eigenvalue weighted by atomic mass is 16.1. The topological polar surface area (TPSA) is 38.5 Å². The van der Waals surface area contributed by atoms with E-state index in [1.165, 1.54) is 13.8 Å². The molecule has 3 heteroatoms. The molecule has 0 fully saturated rings. The van der Waals surface area contributed by atoms with Gasteiger partial charge >= 0.3 is 0 Å². The highest BCUT2D eigenvalue weighted by molar-refractivity contribution is 6.12. The number of hydrogen-bond donors (Lipinski definition) is 0. The first-order valence-electron chi connectivity index (χ1n) is 6.14. The number of fused-ring (bicyclic) bond motifs is 3. The molecule has 19 heavy (non-hydrogen) atoms. The minimum Gasteiger partial charge on any atom is -0.313 e. The fraction of sp³-hybridized carbons (Fsp3) is 0.125. The molecule has 0 unspecified atom stereocenters. The number of nitrogens with zero attached hydrogens (tertiary/aromatic N) is 1. The van der Waals surface area contributed by atoms with Gasteiger partial charge in [-0.05, 0) is 24.4 Å². The number of carbonyl (C=O) groups excluding carboxylic acids is 2. The van der Waals surface area contributed by atoms with Crippen LogP contribution in [0.15, 0.2) is 42.6 Å². The molecule has 0 N–H and O–H groups in total. The van der Waals surface area contributed by atoms with Gasteiger partial charge in [0.05, 0.1) is 11.2 Å². The van der Waals surface area contributed by atoms with Crippen molar-refractivity contribution in [2.45, 2.75) is 13.8 Å². The molecule has 0 amide bonds. The van der Waals surface area contributed by atoms with E-state index in [4.69, 9.17) is 0 Å². The number of benzene rings is 1. The fourth-order valence-electron chi connectivity index (χ4n) is 2.51. The maximum absolute atomic E-state index is 11.8. The number of hydrogen-bond acceptors (Lipinski definition) is 2. The lowest BCUT2D eigenvalue weighted by molar-refractivity contribution is 0.101. The zero-order valence-corrected chi connectivity index (χ0v) is 10.8. The lowest BCUT2D eigenvalue weighted by Gasteiger charge is -2.04. The lowest BCUT2D eigenvalue weighted by Crippen LogP contribution is -1.98. The Kier molecular flexibility index (Phi) is 2.49. The second kappa shape index (κ2) is 4.05. The Morgan fingerprint density at radius 1 is 1.00 bits per heavy atom. The van der Waals surface area contributed by atoms with Crippen molar-refractivity contribution >= 4 is 27.9 Å². The zero-order chi connectivity index (χ0) is 13.6. The van der Waals surface area contributed by atoms with Crippen molar-refractivity contribution in [1.82, 2.24) is 4.40 Å². The van der Waals surface area contributed by atoms with Crippen LogP contribution in [0.5, 0.6) is 0 Å².